The summed E-state index contributed by atoms with van der Waals surface area (Å²) < 4.78 is 6.81. The minimum Gasteiger partial charge on any atom is -0.455 e. The third kappa shape index (κ3) is 6.43. The average Bonchev–Trinajstić information content (AvgIpc) is 3.77. The summed E-state index contributed by atoms with van der Waals surface area (Å²) in [6.07, 6.45) is 0. The molecule has 0 radical (unpaired) electrons. The zero-order valence-corrected chi connectivity index (χ0v) is 35.0. The van der Waals surface area contributed by atoms with Crippen LogP contribution in [0.25, 0.3) is 122 Å². The molecule has 4 nitrogen and oxygen atoms in total. The lowest BCUT2D eigenvalue weighted by atomic mass is 9.87. The lowest BCUT2D eigenvalue weighted by molar-refractivity contribution is 0.670. The third-order valence-corrected chi connectivity index (χ3v) is 12.6. The number of aryl methyl sites for hydroxylation is 1. The van der Waals surface area contributed by atoms with Gasteiger partial charge in [0, 0.05) is 38.4 Å². The van der Waals surface area contributed by atoms with Crippen molar-refractivity contribution in [3.05, 3.63) is 224 Å². The molecule has 0 aliphatic heterocycles. The van der Waals surface area contributed by atoms with Crippen molar-refractivity contribution in [1.29, 1.82) is 0 Å². The topological polar surface area (TPSA) is 51.8 Å². The van der Waals surface area contributed by atoms with Crippen LogP contribution >= 0.6 is 0 Å². The third-order valence-electron chi connectivity index (χ3n) is 12.6. The van der Waals surface area contributed by atoms with Crippen molar-refractivity contribution in [2.24, 2.45) is 0 Å². The van der Waals surface area contributed by atoms with E-state index in [1.807, 2.05) is 60.7 Å². The van der Waals surface area contributed by atoms with E-state index in [2.05, 4.69) is 165 Å². The molecule has 0 saturated heterocycles. The fourth-order valence-corrected chi connectivity index (χ4v) is 9.39. The summed E-state index contributed by atoms with van der Waals surface area (Å²) in [5.74, 6) is 1.95. The van der Waals surface area contributed by atoms with Crippen LogP contribution in [0.1, 0.15) is 5.56 Å². The number of fused-ring (bicyclic) bond motifs is 7. The Balaban J connectivity index is 0.851. The van der Waals surface area contributed by atoms with E-state index in [0.717, 1.165) is 72.0 Å². The van der Waals surface area contributed by atoms with Gasteiger partial charge in [-0.3, -0.25) is 0 Å². The molecule has 0 saturated carbocycles. The Hall–Kier alpha value is -8.47. The minimum absolute atomic E-state index is 0.643. The Bertz CT molecular complexity index is 3620. The van der Waals surface area contributed by atoms with Gasteiger partial charge in [0.15, 0.2) is 17.5 Å². The van der Waals surface area contributed by atoms with Gasteiger partial charge in [-0.1, -0.05) is 206 Å². The van der Waals surface area contributed by atoms with E-state index in [0.29, 0.717) is 17.5 Å². The first-order valence-corrected chi connectivity index (χ1v) is 21.7. The maximum atomic E-state index is 6.81. The number of para-hydroxylation sites is 1. The normalized spacial score (nSPS) is 11.5. The van der Waals surface area contributed by atoms with Gasteiger partial charge in [0.05, 0.1) is 0 Å². The summed E-state index contributed by atoms with van der Waals surface area (Å²) in [6, 6.07) is 76.7. The number of rotatable bonds is 7. The van der Waals surface area contributed by atoms with Crippen molar-refractivity contribution < 1.29 is 4.42 Å². The lowest BCUT2D eigenvalue weighted by Gasteiger charge is -2.16. The molecular formula is C60H39N3O. The van der Waals surface area contributed by atoms with Crippen LogP contribution in [-0.2, 0) is 0 Å². The highest BCUT2D eigenvalue weighted by molar-refractivity contribution is 6.30. The number of aromatic nitrogens is 3. The maximum Gasteiger partial charge on any atom is 0.164 e. The van der Waals surface area contributed by atoms with Crippen LogP contribution in [-0.4, -0.2) is 15.0 Å². The van der Waals surface area contributed by atoms with Crippen molar-refractivity contribution >= 4 is 43.5 Å². The van der Waals surface area contributed by atoms with Crippen molar-refractivity contribution in [2.75, 3.05) is 0 Å². The molecule has 2 heterocycles. The van der Waals surface area contributed by atoms with Gasteiger partial charge in [0.2, 0.25) is 0 Å². The molecule has 0 aliphatic rings. The minimum atomic E-state index is 0.643. The molecule has 0 bridgehead atoms. The van der Waals surface area contributed by atoms with Crippen LogP contribution in [0.2, 0.25) is 0 Å². The number of hydrogen-bond acceptors (Lipinski definition) is 4. The summed E-state index contributed by atoms with van der Waals surface area (Å²) in [5, 5.41) is 7.27. The van der Waals surface area contributed by atoms with Gasteiger partial charge < -0.3 is 4.42 Å². The van der Waals surface area contributed by atoms with Crippen LogP contribution in [0.3, 0.4) is 0 Å². The molecule has 0 unspecified atom stereocenters. The van der Waals surface area contributed by atoms with E-state index in [1.54, 1.807) is 0 Å². The Morgan fingerprint density at radius 3 is 1.25 bits per heavy atom. The van der Waals surface area contributed by atoms with Crippen LogP contribution in [0.4, 0.5) is 0 Å². The van der Waals surface area contributed by atoms with Gasteiger partial charge in [-0.15, -0.1) is 0 Å². The fraction of sp³-hybridized carbons (Fsp3) is 0.0167. The highest BCUT2D eigenvalue weighted by atomic mass is 16.3. The molecule has 0 amide bonds. The molecule has 12 rings (SSSR count). The molecule has 0 N–H and O–H groups in total. The second kappa shape index (κ2) is 15.5. The molecule has 2 aromatic heterocycles. The molecule has 0 spiro atoms. The first-order chi connectivity index (χ1) is 31.6. The molecule has 10 aromatic carbocycles. The number of nitrogens with zero attached hydrogens (tertiary/aromatic N) is 3. The monoisotopic (exact) mass is 817 g/mol. The highest BCUT2D eigenvalue weighted by Gasteiger charge is 2.20. The van der Waals surface area contributed by atoms with E-state index < -0.39 is 0 Å². The fourth-order valence-electron chi connectivity index (χ4n) is 9.39. The zero-order chi connectivity index (χ0) is 42.6. The van der Waals surface area contributed by atoms with Crippen molar-refractivity contribution in [3.63, 3.8) is 0 Å². The predicted molar refractivity (Wildman–Crippen MR) is 265 cm³/mol. The van der Waals surface area contributed by atoms with Crippen molar-refractivity contribution in [2.45, 2.75) is 6.92 Å². The summed E-state index contributed by atoms with van der Waals surface area (Å²) in [4.78, 5) is 14.7. The Morgan fingerprint density at radius 2 is 0.719 bits per heavy atom. The molecule has 0 fully saturated rings. The molecule has 12 aromatic rings. The molecule has 0 aliphatic carbocycles. The van der Waals surface area contributed by atoms with Crippen LogP contribution in [0, 0.1) is 6.92 Å². The van der Waals surface area contributed by atoms with Gasteiger partial charge >= 0.3 is 0 Å². The summed E-state index contributed by atoms with van der Waals surface area (Å²) in [7, 11) is 0. The SMILES string of the molecule is Cc1c(-c2ccccc2)c2ccc3oc4c(-c5ccc(-c6ccc(-c7ccc(-c8nc(-c9ccccc9)nc(-c9ccccc9)n8)cc7)cc6)cc5)cccc4c3c2c2ccccc12. The summed E-state index contributed by atoms with van der Waals surface area (Å²) in [5.41, 5.74) is 15.2. The Labute approximate surface area is 370 Å². The molecule has 300 valence electrons. The second-order valence-electron chi connectivity index (χ2n) is 16.3. The standard InChI is InChI=1S/C60H39N3O/c1-38-48-20-11-12-21-50(48)55-51(54(38)44-14-5-2-6-15-44)36-37-53-56(55)52-23-13-22-49(57(52)64-53)43-32-28-41(29-33-43)39-24-26-40(27-25-39)42-30-34-47(35-31-42)60-62-58(45-16-7-3-8-17-45)61-59(63-60)46-18-9-4-10-19-46/h2-37H,1H3. The summed E-state index contributed by atoms with van der Waals surface area (Å²) in [6.45, 7) is 2.25. The number of furan rings is 1. The number of benzene rings is 10. The van der Waals surface area contributed by atoms with E-state index in [9.17, 15) is 0 Å². The zero-order valence-electron chi connectivity index (χ0n) is 35.0. The van der Waals surface area contributed by atoms with Gasteiger partial charge in [-0.05, 0) is 79.7 Å². The largest absolute Gasteiger partial charge is 0.455 e. The van der Waals surface area contributed by atoms with Crippen molar-refractivity contribution in [3.8, 4) is 78.7 Å². The molecule has 4 heteroatoms. The molecule has 0 atom stereocenters. The van der Waals surface area contributed by atoms with E-state index in [1.165, 1.54) is 38.2 Å². The predicted octanol–water partition coefficient (Wildman–Crippen LogP) is 16.1. The first kappa shape index (κ1) is 37.3. The second-order valence-corrected chi connectivity index (χ2v) is 16.3. The highest BCUT2D eigenvalue weighted by Crippen LogP contribution is 2.46. The van der Waals surface area contributed by atoms with Crippen molar-refractivity contribution in [1.82, 2.24) is 15.0 Å². The van der Waals surface area contributed by atoms with Gasteiger partial charge in [0.1, 0.15) is 11.2 Å². The lowest BCUT2D eigenvalue weighted by Crippen LogP contribution is -2.00. The van der Waals surface area contributed by atoms with Gasteiger partial charge in [-0.25, -0.2) is 15.0 Å². The van der Waals surface area contributed by atoms with Crippen LogP contribution in [0.5, 0.6) is 0 Å². The summed E-state index contributed by atoms with van der Waals surface area (Å²) >= 11 is 0. The van der Waals surface area contributed by atoms with Crippen LogP contribution in [0.15, 0.2) is 223 Å². The van der Waals surface area contributed by atoms with Gasteiger partial charge in [-0.2, -0.15) is 0 Å². The maximum absolute atomic E-state index is 6.81. The average molecular weight is 818 g/mol. The quantitative estimate of drug-likeness (QED) is 0.150. The Kier molecular flexibility index (Phi) is 9.01. The smallest absolute Gasteiger partial charge is 0.164 e. The molecule has 64 heavy (non-hydrogen) atoms. The van der Waals surface area contributed by atoms with Gasteiger partial charge in [0.25, 0.3) is 0 Å². The van der Waals surface area contributed by atoms with E-state index in [-0.39, 0.29) is 0 Å². The van der Waals surface area contributed by atoms with E-state index >= 15 is 0 Å². The molecular weight excluding hydrogens is 779 g/mol. The van der Waals surface area contributed by atoms with E-state index in [4.69, 9.17) is 19.4 Å². The Morgan fingerprint density at radius 1 is 0.297 bits per heavy atom. The number of hydrogen-bond donors (Lipinski definition) is 0. The first-order valence-electron chi connectivity index (χ1n) is 21.7. The van der Waals surface area contributed by atoms with Crippen LogP contribution < -0.4 is 0 Å².